The van der Waals surface area contributed by atoms with Gasteiger partial charge in [-0.3, -0.25) is 9.78 Å². The van der Waals surface area contributed by atoms with Gasteiger partial charge in [0.1, 0.15) is 5.82 Å². The molecule has 6 nitrogen and oxygen atoms in total. The van der Waals surface area contributed by atoms with Gasteiger partial charge in [0.2, 0.25) is 5.91 Å². The first kappa shape index (κ1) is 17.1. The lowest BCUT2D eigenvalue weighted by atomic mass is 9.96. The number of carbonyl (C=O) groups is 1. The van der Waals surface area contributed by atoms with Crippen LogP contribution in [0.15, 0.2) is 36.1 Å². The minimum absolute atomic E-state index is 0.0132. The molecule has 1 saturated heterocycles. The molecule has 8 heteroatoms. The van der Waals surface area contributed by atoms with Crippen LogP contribution in [0.3, 0.4) is 0 Å². The van der Waals surface area contributed by atoms with Crippen LogP contribution in [0.1, 0.15) is 17.7 Å². The number of aromatic nitrogens is 3. The fourth-order valence-corrected chi connectivity index (χ4v) is 4.67. The Balaban J connectivity index is 1.34. The summed E-state index contributed by atoms with van der Waals surface area (Å²) in [4.78, 5) is 30.1. The van der Waals surface area contributed by atoms with Gasteiger partial charge in [-0.05, 0) is 31.9 Å². The number of hydrogen-bond donors (Lipinski definition) is 1. The van der Waals surface area contributed by atoms with Crippen molar-refractivity contribution in [3.63, 3.8) is 0 Å². The number of piperidine rings is 1. The smallest absolute Gasteiger partial charge is 0.229 e. The number of hydrogen-bond acceptors (Lipinski definition) is 7. The summed E-state index contributed by atoms with van der Waals surface area (Å²) >= 11 is 3.19. The molecule has 4 rings (SSSR count). The second-order valence-corrected chi connectivity index (χ2v) is 8.41. The molecule has 0 radical (unpaired) electrons. The Morgan fingerprint density at radius 2 is 2.12 bits per heavy atom. The molecule has 1 amide bonds. The lowest BCUT2D eigenvalue weighted by Gasteiger charge is -2.31. The van der Waals surface area contributed by atoms with Crippen molar-refractivity contribution in [2.75, 3.05) is 23.3 Å². The molecular weight excluding hydrogens is 366 g/mol. The van der Waals surface area contributed by atoms with Gasteiger partial charge >= 0.3 is 0 Å². The third kappa shape index (κ3) is 3.76. The van der Waals surface area contributed by atoms with Crippen LogP contribution in [-0.4, -0.2) is 33.9 Å². The normalized spacial score (nSPS) is 15.2. The van der Waals surface area contributed by atoms with E-state index in [9.17, 15) is 4.79 Å². The molecule has 1 fully saturated rings. The van der Waals surface area contributed by atoms with Crippen molar-refractivity contribution in [2.24, 2.45) is 5.92 Å². The number of thiazole rings is 1. The highest BCUT2D eigenvalue weighted by Gasteiger charge is 2.26. The summed E-state index contributed by atoms with van der Waals surface area (Å²) in [7, 11) is 0. The van der Waals surface area contributed by atoms with Crippen molar-refractivity contribution in [1.29, 1.82) is 0 Å². The van der Waals surface area contributed by atoms with Crippen molar-refractivity contribution < 1.29 is 4.79 Å². The summed E-state index contributed by atoms with van der Waals surface area (Å²) in [5, 5.41) is 5.66. The summed E-state index contributed by atoms with van der Waals surface area (Å²) in [6.07, 6.45) is 6.76. The van der Waals surface area contributed by atoms with Crippen molar-refractivity contribution in [1.82, 2.24) is 15.0 Å². The van der Waals surface area contributed by atoms with Crippen LogP contribution in [0.2, 0.25) is 0 Å². The van der Waals surface area contributed by atoms with Gasteiger partial charge in [0, 0.05) is 41.7 Å². The number of thiophene rings is 1. The van der Waals surface area contributed by atoms with Crippen LogP contribution in [-0.2, 0) is 4.79 Å². The van der Waals surface area contributed by atoms with Crippen LogP contribution in [0.5, 0.6) is 0 Å². The second kappa shape index (κ2) is 7.51. The highest BCUT2D eigenvalue weighted by Crippen LogP contribution is 2.31. The summed E-state index contributed by atoms with van der Waals surface area (Å²) in [6.45, 7) is 3.71. The highest BCUT2D eigenvalue weighted by molar-refractivity contribution is 7.17. The Morgan fingerprint density at radius 1 is 1.27 bits per heavy atom. The van der Waals surface area contributed by atoms with Gasteiger partial charge in [-0.25, -0.2) is 9.97 Å². The summed E-state index contributed by atoms with van der Waals surface area (Å²) in [6, 6.07) is 4.16. The molecule has 0 aliphatic carbocycles. The average molecular weight is 386 g/mol. The Kier molecular flexibility index (Phi) is 4.94. The molecule has 0 aromatic carbocycles. The molecule has 3 aromatic heterocycles. The van der Waals surface area contributed by atoms with Crippen LogP contribution in [0, 0.1) is 12.8 Å². The molecular formula is C18H19N5OS2. The maximum Gasteiger partial charge on any atom is 0.229 e. The summed E-state index contributed by atoms with van der Waals surface area (Å²) in [5.41, 5.74) is 0.931. The number of nitrogens with zero attached hydrogens (tertiary/aromatic N) is 4. The molecule has 0 saturated carbocycles. The average Bonchev–Trinajstić information content (AvgIpc) is 3.31. The van der Waals surface area contributed by atoms with E-state index in [0.29, 0.717) is 5.13 Å². The van der Waals surface area contributed by atoms with Crippen molar-refractivity contribution in [2.45, 2.75) is 19.8 Å². The molecule has 3 aromatic rings. The zero-order valence-electron chi connectivity index (χ0n) is 14.4. The molecule has 0 spiro atoms. The van der Waals surface area contributed by atoms with E-state index < -0.39 is 0 Å². The van der Waals surface area contributed by atoms with Gasteiger partial charge in [-0.15, -0.1) is 22.7 Å². The molecule has 1 aliphatic heterocycles. The molecule has 4 heterocycles. The van der Waals surface area contributed by atoms with Gasteiger partial charge < -0.3 is 10.2 Å². The minimum Gasteiger partial charge on any atom is -0.355 e. The first-order valence-electron chi connectivity index (χ1n) is 8.53. The molecule has 26 heavy (non-hydrogen) atoms. The number of aryl methyl sites for hydroxylation is 1. The van der Waals surface area contributed by atoms with E-state index in [1.807, 2.05) is 5.38 Å². The third-order valence-electron chi connectivity index (χ3n) is 4.47. The predicted octanol–water partition coefficient (Wildman–Crippen LogP) is 3.83. The van der Waals surface area contributed by atoms with Crippen molar-refractivity contribution in [3.8, 4) is 10.6 Å². The van der Waals surface area contributed by atoms with E-state index in [0.717, 1.165) is 42.3 Å². The zero-order chi connectivity index (χ0) is 17.9. The highest BCUT2D eigenvalue weighted by atomic mass is 32.1. The maximum atomic E-state index is 12.6. The second-order valence-electron chi connectivity index (χ2n) is 6.26. The number of amides is 1. The van der Waals surface area contributed by atoms with Gasteiger partial charge in [0.05, 0.1) is 16.8 Å². The monoisotopic (exact) mass is 385 g/mol. The summed E-state index contributed by atoms with van der Waals surface area (Å²) in [5.74, 6) is 0.952. The van der Waals surface area contributed by atoms with Gasteiger partial charge in [-0.2, -0.15) is 0 Å². The lowest BCUT2D eigenvalue weighted by molar-refractivity contribution is -0.120. The van der Waals surface area contributed by atoms with Crippen LogP contribution in [0.4, 0.5) is 10.9 Å². The number of rotatable bonds is 4. The van der Waals surface area contributed by atoms with Gasteiger partial charge in [0.15, 0.2) is 5.13 Å². The fourth-order valence-electron chi connectivity index (χ4n) is 3.05. The molecule has 1 N–H and O–H groups in total. The Hall–Kier alpha value is -2.32. The molecule has 0 bridgehead atoms. The van der Waals surface area contributed by atoms with Crippen LogP contribution >= 0.6 is 22.7 Å². The largest absolute Gasteiger partial charge is 0.355 e. The molecule has 1 aliphatic rings. The maximum absolute atomic E-state index is 12.6. The van der Waals surface area contributed by atoms with E-state index in [1.165, 1.54) is 16.2 Å². The van der Waals surface area contributed by atoms with E-state index in [2.05, 4.69) is 44.2 Å². The molecule has 0 unspecified atom stereocenters. The van der Waals surface area contributed by atoms with E-state index in [-0.39, 0.29) is 11.8 Å². The van der Waals surface area contributed by atoms with Crippen molar-refractivity contribution >= 4 is 39.5 Å². The Labute approximate surface area is 160 Å². The van der Waals surface area contributed by atoms with Gasteiger partial charge in [0.25, 0.3) is 0 Å². The van der Waals surface area contributed by atoms with Crippen molar-refractivity contribution in [3.05, 3.63) is 41.0 Å². The Morgan fingerprint density at radius 3 is 2.81 bits per heavy atom. The topological polar surface area (TPSA) is 71.0 Å². The quantitative estimate of drug-likeness (QED) is 0.739. The van der Waals surface area contributed by atoms with Crippen LogP contribution in [0.25, 0.3) is 10.6 Å². The van der Waals surface area contributed by atoms with E-state index in [4.69, 9.17) is 0 Å². The first-order chi connectivity index (χ1) is 12.7. The fraction of sp³-hybridized carbons (Fsp3) is 0.333. The number of anilines is 2. The third-order valence-corrected chi connectivity index (χ3v) is 6.25. The molecule has 134 valence electrons. The SMILES string of the molecule is Cc1ccc(-c2csc(NC(=O)C3CCN(c4cnccn4)CC3)n2)s1. The van der Waals surface area contributed by atoms with E-state index in [1.54, 1.807) is 29.9 Å². The predicted molar refractivity (Wildman–Crippen MR) is 106 cm³/mol. The zero-order valence-corrected chi connectivity index (χ0v) is 16.0. The van der Waals surface area contributed by atoms with Crippen LogP contribution < -0.4 is 10.2 Å². The lowest BCUT2D eigenvalue weighted by Crippen LogP contribution is -2.38. The number of nitrogens with one attached hydrogen (secondary N) is 1. The molecule has 0 atom stereocenters. The Bertz CT molecular complexity index is 884. The van der Waals surface area contributed by atoms with E-state index >= 15 is 0 Å². The first-order valence-corrected chi connectivity index (χ1v) is 10.2. The summed E-state index contributed by atoms with van der Waals surface area (Å²) < 4.78 is 0. The number of carbonyl (C=O) groups excluding carboxylic acids is 1. The standard InChI is InChI=1S/C18H19N5OS2/c1-12-2-3-15(26-12)14-11-25-18(21-14)22-17(24)13-4-8-23(9-5-13)16-10-19-6-7-20-16/h2-3,6-7,10-11,13H,4-5,8-9H2,1H3,(H,21,22,24). The minimum atomic E-state index is 0.0132. The van der Waals surface area contributed by atoms with Gasteiger partial charge in [-0.1, -0.05) is 0 Å².